The molecule has 6 heteroatoms. The summed E-state index contributed by atoms with van der Waals surface area (Å²) >= 11 is 0. The predicted octanol–water partition coefficient (Wildman–Crippen LogP) is 1.52. The molecule has 19 heavy (non-hydrogen) atoms. The average molecular weight is 267 g/mol. The summed E-state index contributed by atoms with van der Waals surface area (Å²) in [4.78, 5) is 10.7. The summed E-state index contributed by atoms with van der Waals surface area (Å²) in [7, 11) is 4.11. The lowest BCUT2D eigenvalue weighted by atomic mass is 10.3. The van der Waals surface area contributed by atoms with Crippen molar-refractivity contribution in [2.45, 2.75) is 26.7 Å². The van der Waals surface area contributed by atoms with E-state index in [9.17, 15) is 0 Å². The molecule has 0 aliphatic carbocycles. The second-order valence-corrected chi connectivity index (χ2v) is 4.77. The number of rotatable bonds is 8. The lowest BCUT2D eigenvalue weighted by Crippen LogP contribution is -2.17. The van der Waals surface area contributed by atoms with Crippen molar-refractivity contribution < 1.29 is 4.74 Å². The van der Waals surface area contributed by atoms with Crippen molar-refractivity contribution in [3.05, 3.63) is 5.82 Å². The first-order valence-corrected chi connectivity index (χ1v) is 6.70. The molecule has 0 atom stereocenters. The third-order valence-corrected chi connectivity index (χ3v) is 2.54. The summed E-state index contributed by atoms with van der Waals surface area (Å²) in [6.45, 7) is 6.34. The minimum Gasteiger partial charge on any atom is -0.476 e. The van der Waals surface area contributed by atoms with Gasteiger partial charge in [-0.05, 0) is 40.4 Å². The number of anilines is 2. The van der Waals surface area contributed by atoms with Gasteiger partial charge in [-0.1, -0.05) is 6.92 Å². The van der Waals surface area contributed by atoms with Gasteiger partial charge < -0.3 is 20.7 Å². The van der Waals surface area contributed by atoms with Crippen LogP contribution < -0.4 is 15.8 Å². The molecule has 0 saturated heterocycles. The highest BCUT2D eigenvalue weighted by atomic mass is 16.5. The Balaban J connectivity index is 2.63. The second-order valence-electron chi connectivity index (χ2n) is 4.77. The highest BCUT2D eigenvalue weighted by Crippen LogP contribution is 2.25. The summed E-state index contributed by atoms with van der Waals surface area (Å²) in [5, 5.41) is 3.24. The van der Waals surface area contributed by atoms with Crippen molar-refractivity contribution in [2.24, 2.45) is 0 Å². The monoisotopic (exact) mass is 267 g/mol. The molecule has 6 nitrogen and oxygen atoms in total. The fourth-order valence-corrected chi connectivity index (χ4v) is 1.60. The van der Waals surface area contributed by atoms with Crippen LogP contribution in [0.5, 0.6) is 5.88 Å². The number of hydrogen-bond donors (Lipinski definition) is 2. The maximum atomic E-state index is 6.01. The number of aryl methyl sites for hydroxylation is 1. The Morgan fingerprint density at radius 3 is 2.68 bits per heavy atom. The maximum Gasteiger partial charge on any atom is 0.242 e. The number of nitrogens with two attached hydrogens (primary N) is 1. The van der Waals surface area contributed by atoms with Gasteiger partial charge in [0.2, 0.25) is 5.88 Å². The summed E-state index contributed by atoms with van der Waals surface area (Å²) < 4.78 is 5.53. The Hall–Kier alpha value is -1.56. The van der Waals surface area contributed by atoms with E-state index < -0.39 is 0 Å². The predicted molar refractivity (Wildman–Crippen MR) is 78.6 cm³/mol. The molecule has 0 amide bonds. The van der Waals surface area contributed by atoms with Gasteiger partial charge in [-0.2, -0.15) is 4.98 Å². The van der Waals surface area contributed by atoms with E-state index in [0.717, 1.165) is 25.9 Å². The van der Waals surface area contributed by atoms with Crippen LogP contribution in [0.2, 0.25) is 0 Å². The summed E-state index contributed by atoms with van der Waals surface area (Å²) in [5.41, 5.74) is 6.50. The molecule has 108 valence electrons. The zero-order valence-corrected chi connectivity index (χ0v) is 12.4. The van der Waals surface area contributed by atoms with E-state index in [0.29, 0.717) is 29.8 Å². The molecule has 0 aliphatic rings. The van der Waals surface area contributed by atoms with Gasteiger partial charge in [-0.25, -0.2) is 4.98 Å². The van der Waals surface area contributed by atoms with Gasteiger partial charge in [0.25, 0.3) is 0 Å². The van der Waals surface area contributed by atoms with Crippen molar-refractivity contribution in [1.82, 2.24) is 14.9 Å². The van der Waals surface area contributed by atoms with Crippen molar-refractivity contribution in [3.8, 4) is 5.88 Å². The fourth-order valence-electron chi connectivity index (χ4n) is 1.60. The standard InChI is InChI=1S/C13H25N5O/c1-5-9-19-13-11(14)12(16-10(2)17-13)15-7-6-8-18(3)4/h5-9,14H2,1-4H3,(H,15,16,17). The highest BCUT2D eigenvalue weighted by molar-refractivity contribution is 5.66. The quantitative estimate of drug-likeness (QED) is 0.695. The minimum atomic E-state index is 0.476. The van der Waals surface area contributed by atoms with Gasteiger partial charge in [0.05, 0.1) is 6.61 Å². The van der Waals surface area contributed by atoms with Crippen LogP contribution >= 0.6 is 0 Å². The maximum absolute atomic E-state index is 6.01. The lowest BCUT2D eigenvalue weighted by Gasteiger charge is -2.14. The second kappa shape index (κ2) is 7.78. The molecule has 0 saturated carbocycles. The minimum absolute atomic E-state index is 0.476. The number of ether oxygens (including phenoxy) is 1. The number of hydrogen-bond acceptors (Lipinski definition) is 6. The van der Waals surface area contributed by atoms with Crippen LogP contribution in [0.3, 0.4) is 0 Å². The molecule has 0 unspecified atom stereocenters. The number of nitrogens with one attached hydrogen (secondary N) is 1. The molecular weight excluding hydrogens is 242 g/mol. The molecule has 0 radical (unpaired) electrons. The van der Waals surface area contributed by atoms with Crippen LogP contribution in [0, 0.1) is 6.92 Å². The van der Waals surface area contributed by atoms with Crippen molar-refractivity contribution in [2.75, 3.05) is 44.8 Å². The zero-order chi connectivity index (χ0) is 14.3. The Morgan fingerprint density at radius 2 is 2.05 bits per heavy atom. The summed E-state index contributed by atoms with van der Waals surface area (Å²) in [6, 6.07) is 0. The molecule has 0 fully saturated rings. The molecule has 1 rings (SSSR count). The third-order valence-electron chi connectivity index (χ3n) is 2.54. The van der Waals surface area contributed by atoms with E-state index in [1.165, 1.54) is 0 Å². The van der Waals surface area contributed by atoms with Crippen molar-refractivity contribution in [1.29, 1.82) is 0 Å². The summed E-state index contributed by atoms with van der Waals surface area (Å²) in [5.74, 6) is 1.80. The van der Waals surface area contributed by atoms with Crippen LogP contribution in [0.15, 0.2) is 0 Å². The van der Waals surface area contributed by atoms with Crippen LogP contribution in [0.4, 0.5) is 11.5 Å². The molecular formula is C13H25N5O. The Bertz CT molecular complexity index is 395. The van der Waals surface area contributed by atoms with Crippen molar-refractivity contribution in [3.63, 3.8) is 0 Å². The third kappa shape index (κ3) is 5.30. The van der Waals surface area contributed by atoms with E-state index in [2.05, 4.69) is 34.3 Å². The Kier molecular flexibility index (Phi) is 6.35. The van der Waals surface area contributed by atoms with Crippen LogP contribution in [0.1, 0.15) is 25.6 Å². The lowest BCUT2D eigenvalue weighted by molar-refractivity contribution is 0.306. The van der Waals surface area contributed by atoms with E-state index in [-0.39, 0.29) is 0 Å². The Morgan fingerprint density at radius 1 is 1.32 bits per heavy atom. The Labute approximate surface area is 115 Å². The summed E-state index contributed by atoms with van der Waals surface area (Å²) in [6.07, 6.45) is 1.95. The first-order valence-electron chi connectivity index (χ1n) is 6.70. The largest absolute Gasteiger partial charge is 0.476 e. The average Bonchev–Trinajstić information content (AvgIpc) is 2.36. The first-order chi connectivity index (χ1) is 9.04. The van der Waals surface area contributed by atoms with E-state index in [1.807, 2.05) is 13.8 Å². The molecule has 0 spiro atoms. The van der Waals surface area contributed by atoms with E-state index in [1.54, 1.807) is 0 Å². The SMILES string of the molecule is CCCOc1nc(C)nc(NCCCN(C)C)c1N. The van der Waals surface area contributed by atoms with E-state index >= 15 is 0 Å². The van der Waals surface area contributed by atoms with Gasteiger partial charge in [-0.15, -0.1) is 0 Å². The fraction of sp³-hybridized carbons (Fsp3) is 0.692. The van der Waals surface area contributed by atoms with Crippen LogP contribution in [0.25, 0.3) is 0 Å². The molecule has 0 bridgehead atoms. The number of aromatic nitrogens is 2. The van der Waals surface area contributed by atoms with Gasteiger partial charge in [0.15, 0.2) is 5.82 Å². The first kappa shape index (κ1) is 15.5. The van der Waals surface area contributed by atoms with Crippen LogP contribution in [-0.4, -0.2) is 48.7 Å². The smallest absolute Gasteiger partial charge is 0.242 e. The van der Waals surface area contributed by atoms with Gasteiger partial charge in [-0.3, -0.25) is 0 Å². The van der Waals surface area contributed by atoms with Crippen molar-refractivity contribution >= 4 is 11.5 Å². The molecule has 0 aliphatic heterocycles. The van der Waals surface area contributed by atoms with E-state index in [4.69, 9.17) is 10.5 Å². The molecule has 1 aromatic rings. The zero-order valence-electron chi connectivity index (χ0n) is 12.4. The topological polar surface area (TPSA) is 76.3 Å². The normalized spacial score (nSPS) is 10.8. The van der Waals surface area contributed by atoms with Crippen LogP contribution in [-0.2, 0) is 0 Å². The number of nitrogen functional groups attached to an aromatic ring is 1. The molecule has 0 aromatic carbocycles. The van der Waals surface area contributed by atoms with Gasteiger partial charge in [0, 0.05) is 6.54 Å². The molecule has 1 heterocycles. The number of nitrogens with zero attached hydrogens (tertiary/aromatic N) is 3. The van der Waals surface area contributed by atoms with Gasteiger partial charge in [0.1, 0.15) is 11.5 Å². The highest BCUT2D eigenvalue weighted by Gasteiger charge is 2.10. The molecule has 1 aromatic heterocycles. The molecule has 3 N–H and O–H groups in total. The van der Waals surface area contributed by atoms with Gasteiger partial charge >= 0.3 is 0 Å².